The summed E-state index contributed by atoms with van der Waals surface area (Å²) in [6, 6.07) is 17.1. The number of ether oxygens (including phenoxy) is 2. The van der Waals surface area contributed by atoms with Crippen molar-refractivity contribution in [2.75, 3.05) is 6.61 Å². The summed E-state index contributed by atoms with van der Waals surface area (Å²) in [6.07, 6.45) is 15.1. The molecule has 0 aromatic heterocycles. The summed E-state index contributed by atoms with van der Waals surface area (Å²) in [7, 11) is 0. The van der Waals surface area contributed by atoms with Crippen LogP contribution in [0, 0.1) is 5.41 Å². The van der Waals surface area contributed by atoms with Crippen molar-refractivity contribution >= 4 is 17.3 Å². The van der Waals surface area contributed by atoms with Gasteiger partial charge in [0.1, 0.15) is 12.4 Å². The summed E-state index contributed by atoms with van der Waals surface area (Å²) < 4.78 is 11.3. The molecule has 0 radical (unpaired) electrons. The third-order valence-electron chi connectivity index (χ3n) is 6.92. The van der Waals surface area contributed by atoms with Gasteiger partial charge < -0.3 is 9.47 Å². The van der Waals surface area contributed by atoms with Gasteiger partial charge in [-0.3, -0.25) is 9.59 Å². The first kappa shape index (κ1) is 28.2. The maximum absolute atomic E-state index is 13.6. The van der Waals surface area contributed by atoms with E-state index in [0.29, 0.717) is 30.8 Å². The number of hydrogen-bond acceptors (Lipinski definition) is 4. The Labute approximate surface area is 222 Å². The lowest BCUT2D eigenvalue weighted by Crippen LogP contribution is -2.36. The van der Waals surface area contributed by atoms with Crippen molar-refractivity contribution in [2.45, 2.75) is 71.3 Å². The second-order valence-corrected chi connectivity index (χ2v) is 9.77. The Morgan fingerprint density at radius 3 is 2.35 bits per heavy atom. The molecule has 2 atom stereocenters. The summed E-state index contributed by atoms with van der Waals surface area (Å²) in [5, 5.41) is 0. The maximum atomic E-state index is 13.6. The molecule has 0 amide bonds. The van der Waals surface area contributed by atoms with E-state index in [4.69, 9.17) is 9.47 Å². The Kier molecular flexibility index (Phi) is 10.9. The predicted molar refractivity (Wildman–Crippen MR) is 151 cm³/mol. The summed E-state index contributed by atoms with van der Waals surface area (Å²) in [6.45, 7) is 7.90. The quantitative estimate of drug-likeness (QED) is 0.107. The highest BCUT2D eigenvalue weighted by atomic mass is 16.5. The Hall–Kier alpha value is -3.40. The van der Waals surface area contributed by atoms with Crippen LogP contribution < -0.4 is 4.74 Å². The molecule has 1 aliphatic rings. The highest BCUT2D eigenvalue weighted by Gasteiger charge is 2.39. The van der Waals surface area contributed by atoms with Crippen LogP contribution in [0.1, 0.15) is 81.1 Å². The van der Waals surface area contributed by atoms with Crippen LogP contribution in [0.5, 0.6) is 5.75 Å². The van der Waals surface area contributed by atoms with E-state index in [1.54, 1.807) is 37.3 Å². The normalized spacial score (nSPS) is 17.5. The number of hydrogen-bond donors (Lipinski definition) is 0. The number of carbonyl (C=O) groups is 2. The first-order chi connectivity index (χ1) is 18.0. The summed E-state index contributed by atoms with van der Waals surface area (Å²) >= 11 is 0. The molecule has 2 aromatic rings. The average molecular weight is 501 g/mol. The minimum atomic E-state index is -0.873. The predicted octanol–water partition coefficient (Wildman–Crippen LogP) is 8.15. The van der Waals surface area contributed by atoms with Crippen LogP contribution in [-0.4, -0.2) is 24.5 Å². The smallest absolute Gasteiger partial charge is 0.316 e. The van der Waals surface area contributed by atoms with Gasteiger partial charge in [-0.25, -0.2) is 0 Å². The molecule has 0 heterocycles. The lowest BCUT2D eigenvalue weighted by molar-refractivity contribution is -0.156. The number of unbranched alkanes of at least 4 members (excludes halogenated alkanes) is 5. The zero-order valence-corrected chi connectivity index (χ0v) is 22.3. The Balaban J connectivity index is 1.68. The highest BCUT2D eigenvalue weighted by molar-refractivity contribution is 6.00. The fourth-order valence-corrected chi connectivity index (χ4v) is 4.62. The molecule has 4 heteroatoms. The van der Waals surface area contributed by atoms with Gasteiger partial charge in [-0.15, -0.1) is 0 Å². The second-order valence-electron chi connectivity index (χ2n) is 9.77. The zero-order valence-electron chi connectivity index (χ0n) is 22.3. The van der Waals surface area contributed by atoms with Gasteiger partial charge in [-0.2, -0.15) is 0 Å². The summed E-state index contributed by atoms with van der Waals surface area (Å²) in [5.41, 5.74) is 1.97. The van der Waals surface area contributed by atoms with Crippen LogP contribution in [0.4, 0.5) is 0 Å². The van der Waals surface area contributed by atoms with Crippen LogP contribution in [0.15, 0.2) is 85.5 Å². The lowest BCUT2D eigenvalue weighted by Gasteiger charge is -2.31. The molecule has 196 valence electrons. The Morgan fingerprint density at radius 1 is 1.00 bits per heavy atom. The van der Waals surface area contributed by atoms with E-state index in [1.165, 1.54) is 25.7 Å². The van der Waals surface area contributed by atoms with E-state index in [-0.39, 0.29) is 11.8 Å². The molecule has 2 aromatic carbocycles. The van der Waals surface area contributed by atoms with Crippen molar-refractivity contribution < 1.29 is 19.1 Å². The highest BCUT2D eigenvalue weighted by Crippen LogP contribution is 2.39. The van der Waals surface area contributed by atoms with Crippen LogP contribution >= 0.6 is 0 Å². The largest absolute Gasteiger partial charge is 0.490 e. The summed E-state index contributed by atoms with van der Waals surface area (Å²) in [5.74, 6) is 0.110. The molecule has 4 nitrogen and oxygen atoms in total. The third-order valence-corrected chi connectivity index (χ3v) is 6.92. The van der Waals surface area contributed by atoms with E-state index < -0.39 is 11.5 Å². The second kappa shape index (κ2) is 14.4. The molecule has 0 spiro atoms. The molecule has 37 heavy (non-hydrogen) atoms. The average Bonchev–Trinajstić information content (AvgIpc) is 2.94. The number of esters is 1. The van der Waals surface area contributed by atoms with E-state index in [0.717, 1.165) is 24.0 Å². The van der Waals surface area contributed by atoms with Crippen molar-refractivity contribution in [3.63, 3.8) is 0 Å². The van der Waals surface area contributed by atoms with Gasteiger partial charge in [0.2, 0.25) is 5.78 Å². The first-order valence-corrected chi connectivity index (χ1v) is 13.5. The van der Waals surface area contributed by atoms with Crippen LogP contribution in [-0.2, 0) is 9.53 Å². The van der Waals surface area contributed by atoms with E-state index in [2.05, 4.69) is 31.7 Å². The first-order valence-electron chi connectivity index (χ1n) is 13.5. The SMILES string of the molecule is C=CCOc1ccc(C(=O)C(C)OC(=O)C2(CCCCCCCC)C=CC(c3ccccc3)=CC2)cc1. The molecule has 0 N–H and O–H groups in total. The molecule has 2 unspecified atom stereocenters. The summed E-state index contributed by atoms with van der Waals surface area (Å²) in [4.78, 5) is 26.6. The molecule has 0 aliphatic heterocycles. The van der Waals surface area contributed by atoms with E-state index >= 15 is 0 Å². The number of carbonyl (C=O) groups excluding carboxylic acids is 2. The van der Waals surface area contributed by atoms with Crippen molar-refractivity contribution in [1.82, 2.24) is 0 Å². The van der Waals surface area contributed by atoms with Gasteiger partial charge in [0.15, 0.2) is 6.10 Å². The van der Waals surface area contributed by atoms with Gasteiger partial charge in [0.25, 0.3) is 0 Å². The third kappa shape index (κ3) is 8.04. The lowest BCUT2D eigenvalue weighted by atomic mass is 9.75. The van der Waals surface area contributed by atoms with Crippen LogP contribution in [0.25, 0.3) is 5.57 Å². The molecule has 3 rings (SSSR count). The number of ketones is 1. The van der Waals surface area contributed by atoms with Gasteiger partial charge in [-0.05, 0) is 55.2 Å². The Morgan fingerprint density at radius 2 is 1.70 bits per heavy atom. The molecule has 0 bridgehead atoms. The molecular weight excluding hydrogens is 460 g/mol. The number of Topliss-reactive ketones (excluding diaryl/α,β-unsaturated/α-hetero) is 1. The minimum absolute atomic E-state index is 0.223. The van der Waals surface area contributed by atoms with Crippen molar-refractivity contribution in [1.29, 1.82) is 0 Å². The number of rotatable bonds is 15. The van der Waals surface area contributed by atoms with Gasteiger partial charge in [-0.1, -0.05) is 107 Å². The fraction of sp³-hybridized carbons (Fsp3) is 0.394. The minimum Gasteiger partial charge on any atom is -0.490 e. The van der Waals surface area contributed by atoms with Crippen molar-refractivity contribution in [3.8, 4) is 5.75 Å². The van der Waals surface area contributed by atoms with Crippen molar-refractivity contribution in [3.05, 3.63) is 96.6 Å². The topological polar surface area (TPSA) is 52.6 Å². The van der Waals surface area contributed by atoms with E-state index in [9.17, 15) is 9.59 Å². The molecular formula is C33H40O4. The Bertz CT molecular complexity index is 1080. The zero-order chi connectivity index (χ0) is 26.5. The standard InChI is InChI=1S/C33H40O4/c1-4-6-7-8-9-13-22-33(23-20-28(21-24-33)27-14-11-10-12-15-27)32(35)37-26(3)31(34)29-16-18-30(19-17-29)36-25-5-2/h5,10-12,14-21,23,26H,2,4,6-9,13,22,24-25H2,1,3H3. The van der Waals surface area contributed by atoms with Crippen molar-refractivity contribution in [2.24, 2.45) is 5.41 Å². The van der Waals surface area contributed by atoms with Crippen LogP contribution in [0.3, 0.4) is 0 Å². The maximum Gasteiger partial charge on any atom is 0.316 e. The monoisotopic (exact) mass is 500 g/mol. The molecule has 0 saturated heterocycles. The van der Waals surface area contributed by atoms with E-state index in [1.807, 2.05) is 30.4 Å². The number of benzene rings is 2. The number of allylic oxidation sites excluding steroid dienone is 3. The van der Waals surface area contributed by atoms with Gasteiger partial charge in [0.05, 0.1) is 5.41 Å². The van der Waals surface area contributed by atoms with Crippen LogP contribution in [0.2, 0.25) is 0 Å². The molecule has 0 saturated carbocycles. The van der Waals surface area contributed by atoms with Gasteiger partial charge >= 0.3 is 5.97 Å². The fourth-order valence-electron chi connectivity index (χ4n) is 4.62. The molecule has 1 aliphatic carbocycles. The molecule has 0 fully saturated rings. The van der Waals surface area contributed by atoms with Gasteiger partial charge in [0, 0.05) is 5.56 Å².